The molecule has 38 heavy (non-hydrogen) atoms. The smallest absolute Gasteiger partial charge is 0.336 e. The summed E-state index contributed by atoms with van der Waals surface area (Å²) in [6, 6.07) is 9.60. The van der Waals surface area contributed by atoms with Crippen LogP contribution in [0.4, 0.5) is 5.69 Å². The zero-order valence-corrected chi connectivity index (χ0v) is 22.3. The molecule has 1 aliphatic heterocycles. The van der Waals surface area contributed by atoms with Gasteiger partial charge in [0.05, 0.1) is 19.2 Å². The number of imide groups is 1. The number of hydrogen-bond acceptors (Lipinski definition) is 6. The van der Waals surface area contributed by atoms with Gasteiger partial charge in [0.15, 0.2) is 5.78 Å². The molecule has 0 aromatic heterocycles. The maximum absolute atomic E-state index is 13.4. The van der Waals surface area contributed by atoms with Gasteiger partial charge in [-0.3, -0.25) is 24.1 Å². The highest BCUT2D eigenvalue weighted by Gasteiger charge is 2.35. The van der Waals surface area contributed by atoms with Gasteiger partial charge in [0.2, 0.25) is 17.7 Å². The first-order valence-electron chi connectivity index (χ1n) is 12.4. The minimum Gasteiger partial charge on any atom is -0.496 e. The van der Waals surface area contributed by atoms with Crippen molar-refractivity contribution in [2.24, 2.45) is 11.8 Å². The number of Topliss-reactive ketones (excluding diaryl/α,β-unsaturated/α-hetero) is 1. The Labute approximate surface area is 226 Å². The van der Waals surface area contributed by atoms with Gasteiger partial charge in [0, 0.05) is 35.4 Å². The number of carboxylic acid groups (broad SMARTS) is 1. The van der Waals surface area contributed by atoms with Crippen LogP contribution in [0.1, 0.15) is 54.1 Å². The lowest BCUT2D eigenvalue weighted by Crippen LogP contribution is -2.43. The lowest BCUT2D eigenvalue weighted by Gasteiger charge is -2.24. The minimum absolute atomic E-state index is 0.0583. The van der Waals surface area contributed by atoms with E-state index in [0.717, 1.165) is 4.90 Å². The van der Waals surface area contributed by atoms with Crippen LogP contribution >= 0.6 is 11.6 Å². The first kappa shape index (κ1) is 28.8. The van der Waals surface area contributed by atoms with Crippen molar-refractivity contribution < 1.29 is 33.8 Å². The topological polar surface area (TPSA) is 130 Å². The lowest BCUT2D eigenvalue weighted by molar-refractivity contribution is -0.149. The zero-order valence-electron chi connectivity index (χ0n) is 21.6. The Kier molecular flexibility index (Phi) is 9.63. The van der Waals surface area contributed by atoms with Gasteiger partial charge < -0.3 is 15.2 Å². The number of nitrogens with zero attached hydrogens (tertiary/aromatic N) is 1. The number of aryl methyl sites for hydroxylation is 1. The fourth-order valence-electron chi connectivity index (χ4n) is 4.50. The number of likely N-dealkylation sites (tertiary alicyclic amines) is 1. The summed E-state index contributed by atoms with van der Waals surface area (Å²) in [6.07, 6.45) is 0.714. The van der Waals surface area contributed by atoms with E-state index in [1.165, 1.54) is 13.2 Å². The van der Waals surface area contributed by atoms with Gasteiger partial charge in [0.1, 0.15) is 5.75 Å². The molecular formula is C28H31ClN2O7. The Morgan fingerprint density at radius 2 is 1.92 bits per heavy atom. The standard InChI is InChI=1S/C28H31ClN2O7/c1-4-17(26(34)30-21-8-5-16(2)23(14-21)28(36)37)13-25(33)31-15-22(32)9-6-18(27(31)35)11-19-12-20(29)7-10-24(19)38-3/h5,7-8,10,12,14,17-18H,4,6,9,11,13,15H2,1-3H3,(H,30,34)(H,36,37)/t17-,18?/m0/s1. The van der Waals surface area contributed by atoms with Crippen LogP contribution in [0.3, 0.4) is 0 Å². The Morgan fingerprint density at radius 3 is 2.58 bits per heavy atom. The maximum Gasteiger partial charge on any atom is 0.336 e. The number of anilines is 1. The number of aromatic carboxylic acids is 1. The molecule has 1 fully saturated rings. The quantitative estimate of drug-likeness (QED) is 0.483. The van der Waals surface area contributed by atoms with Crippen LogP contribution in [0, 0.1) is 18.8 Å². The van der Waals surface area contributed by atoms with Gasteiger partial charge in [-0.1, -0.05) is 24.6 Å². The summed E-state index contributed by atoms with van der Waals surface area (Å²) in [6.45, 7) is 3.05. The molecule has 2 atom stereocenters. The third kappa shape index (κ3) is 6.98. The van der Waals surface area contributed by atoms with Gasteiger partial charge in [-0.15, -0.1) is 0 Å². The predicted molar refractivity (Wildman–Crippen MR) is 141 cm³/mol. The largest absolute Gasteiger partial charge is 0.496 e. The summed E-state index contributed by atoms with van der Waals surface area (Å²) < 4.78 is 5.38. The van der Waals surface area contributed by atoms with Crippen molar-refractivity contribution in [1.82, 2.24) is 4.90 Å². The third-order valence-corrected chi connectivity index (χ3v) is 6.99. The fraction of sp³-hybridized carbons (Fsp3) is 0.393. The molecule has 202 valence electrons. The average Bonchev–Trinajstić information content (AvgIpc) is 3.01. The molecule has 1 saturated heterocycles. The van der Waals surface area contributed by atoms with Crippen LogP contribution < -0.4 is 10.1 Å². The molecule has 0 aliphatic carbocycles. The van der Waals surface area contributed by atoms with Crippen LogP contribution in [0.2, 0.25) is 5.02 Å². The lowest BCUT2D eigenvalue weighted by atomic mass is 9.93. The highest BCUT2D eigenvalue weighted by molar-refractivity contribution is 6.30. The van der Waals surface area contributed by atoms with E-state index >= 15 is 0 Å². The molecule has 10 heteroatoms. The van der Waals surface area contributed by atoms with Crippen molar-refractivity contribution in [2.45, 2.75) is 46.0 Å². The highest BCUT2D eigenvalue weighted by atomic mass is 35.5. The maximum atomic E-state index is 13.4. The number of ketones is 1. The number of ether oxygens (including phenoxy) is 1. The molecule has 0 saturated carbocycles. The Hall–Kier alpha value is -3.72. The summed E-state index contributed by atoms with van der Waals surface area (Å²) >= 11 is 6.13. The van der Waals surface area contributed by atoms with Gasteiger partial charge in [-0.2, -0.15) is 0 Å². The average molecular weight is 543 g/mol. The second-order valence-corrected chi connectivity index (χ2v) is 9.82. The first-order valence-corrected chi connectivity index (χ1v) is 12.7. The number of hydrogen-bond donors (Lipinski definition) is 2. The second-order valence-electron chi connectivity index (χ2n) is 9.39. The van der Waals surface area contributed by atoms with E-state index in [1.54, 1.807) is 44.2 Å². The monoisotopic (exact) mass is 542 g/mol. The van der Waals surface area contributed by atoms with E-state index in [1.807, 2.05) is 0 Å². The molecule has 1 heterocycles. The fourth-order valence-corrected chi connectivity index (χ4v) is 4.70. The normalized spacial score (nSPS) is 16.5. The van der Waals surface area contributed by atoms with E-state index in [-0.39, 0.29) is 43.6 Å². The van der Waals surface area contributed by atoms with E-state index in [0.29, 0.717) is 34.0 Å². The summed E-state index contributed by atoms with van der Waals surface area (Å²) in [5, 5.41) is 12.5. The van der Waals surface area contributed by atoms with Crippen molar-refractivity contribution in [3.63, 3.8) is 0 Å². The van der Waals surface area contributed by atoms with Crippen molar-refractivity contribution in [2.75, 3.05) is 19.0 Å². The molecule has 1 unspecified atom stereocenters. The number of halogens is 1. The van der Waals surface area contributed by atoms with Crippen LogP contribution in [0.25, 0.3) is 0 Å². The molecule has 2 aromatic carbocycles. The Balaban J connectivity index is 1.75. The first-order chi connectivity index (χ1) is 18.0. The van der Waals surface area contributed by atoms with Gasteiger partial charge in [-0.25, -0.2) is 4.79 Å². The zero-order chi connectivity index (χ0) is 28.0. The van der Waals surface area contributed by atoms with Gasteiger partial charge in [-0.05, 0) is 67.6 Å². The highest BCUT2D eigenvalue weighted by Crippen LogP contribution is 2.29. The van der Waals surface area contributed by atoms with Gasteiger partial charge >= 0.3 is 5.97 Å². The number of carbonyl (C=O) groups is 5. The molecule has 2 N–H and O–H groups in total. The van der Waals surface area contributed by atoms with E-state index in [9.17, 15) is 29.1 Å². The number of rotatable bonds is 9. The third-order valence-electron chi connectivity index (χ3n) is 6.75. The molecule has 9 nitrogen and oxygen atoms in total. The summed E-state index contributed by atoms with van der Waals surface area (Å²) in [5.41, 5.74) is 1.60. The number of nitrogens with one attached hydrogen (secondary N) is 1. The number of carbonyl (C=O) groups excluding carboxylic acids is 4. The molecule has 3 amide bonds. The van der Waals surface area contributed by atoms with E-state index in [2.05, 4.69) is 5.32 Å². The van der Waals surface area contributed by atoms with Crippen LogP contribution in [-0.2, 0) is 25.6 Å². The number of carboxylic acids is 1. The molecule has 3 rings (SSSR count). The summed E-state index contributed by atoms with van der Waals surface area (Å²) in [4.78, 5) is 64.4. The van der Waals surface area contributed by atoms with Crippen molar-refractivity contribution >= 4 is 46.8 Å². The van der Waals surface area contributed by atoms with Crippen LogP contribution in [0.5, 0.6) is 5.75 Å². The van der Waals surface area contributed by atoms with Crippen LogP contribution in [0.15, 0.2) is 36.4 Å². The number of benzene rings is 2. The molecule has 2 aromatic rings. The molecule has 0 radical (unpaired) electrons. The minimum atomic E-state index is -1.12. The second kappa shape index (κ2) is 12.7. The van der Waals surface area contributed by atoms with E-state index < -0.39 is 35.5 Å². The Morgan fingerprint density at radius 1 is 1.18 bits per heavy atom. The molecule has 0 bridgehead atoms. The van der Waals surface area contributed by atoms with Crippen molar-refractivity contribution in [1.29, 1.82) is 0 Å². The SMILES string of the molecule is CC[C@@H](CC(=O)N1CC(=O)CCC(Cc2cc(Cl)ccc2OC)C1=O)C(=O)Nc1ccc(C)c(C(=O)O)c1. The van der Waals surface area contributed by atoms with Crippen molar-refractivity contribution in [3.05, 3.63) is 58.1 Å². The predicted octanol–water partition coefficient (Wildman–Crippen LogP) is 4.29. The summed E-state index contributed by atoms with van der Waals surface area (Å²) in [7, 11) is 1.51. The van der Waals surface area contributed by atoms with Crippen molar-refractivity contribution in [3.8, 4) is 5.75 Å². The molecule has 1 aliphatic rings. The van der Waals surface area contributed by atoms with Gasteiger partial charge in [0.25, 0.3) is 0 Å². The Bertz CT molecular complexity index is 1260. The summed E-state index contributed by atoms with van der Waals surface area (Å²) in [5.74, 6) is -3.76. The molecular weight excluding hydrogens is 512 g/mol. The van der Waals surface area contributed by atoms with Crippen LogP contribution in [-0.4, -0.2) is 53.1 Å². The van der Waals surface area contributed by atoms with E-state index in [4.69, 9.17) is 16.3 Å². The molecule has 0 spiro atoms. The number of methoxy groups -OCH3 is 1. The number of amides is 3.